The highest BCUT2D eigenvalue weighted by molar-refractivity contribution is 6.30. The quantitative estimate of drug-likeness (QED) is 0.825. The van der Waals surface area contributed by atoms with Crippen LogP contribution in [0.1, 0.15) is 17.5 Å². The molecule has 1 unspecified atom stereocenters. The van der Waals surface area contributed by atoms with E-state index in [0.717, 1.165) is 23.6 Å². The van der Waals surface area contributed by atoms with Gasteiger partial charge in [0.15, 0.2) is 0 Å². The Kier molecular flexibility index (Phi) is 6.09. The highest BCUT2D eigenvalue weighted by Crippen LogP contribution is 2.15. The van der Waals surface area contributed by atoms with Crippen molar-refractivity contribution in [1.29, 1.82) is 0 Å². The summed E-state index contributed by atoms with van der Waals surface area (Å²) in [4.78, 5) is 0. The number of ether oxygens (including phenoxy) is 1. The number of halogens is 1. The second-order valence-corrected chi connectivity index (χ2v) is 5.71. The van der Waals surface area contributed by atoms with Crippen LogP contribution < -0.4 is 10.1 Å². The molecule has 1 atom stereocenters. The van der Waals surface area contributed by atoms with Crippen molar-refractivity contribution in [2.45, 2.75) is 25.8 Å². The molecule has 0 spiro atoms. The Balaban J connectivity index is 1.82. The molecule has 2 rings (SSSR count). The third-order valence-corrected chi connectivity index (χ3v) is 3.74. The molecule has 2 nitrogen and oxygen atoms in total. The number of hydrogen-bond donors (Lipinski definition) is 1. The summed E-state index contributed by atoms with van der Waals surface area (Å²) >= 11 is 6.03. The molecule has 0 saturated heterocycles. The molecule has 0 radical (unpaired) electrons. The van der Waals surface area contributed by atoms with Crippen LogP contribution in [0.25, 0.3) is 0 Å². The number of nitrogens with one attached hydrogen (secondary N) is 1. The zero-order chi connectivity index (χ0) is 15.1. The summed E-state index contributed by atoms with van der Waals surface area (Å²) in [5.74, 6) is 0.938. The standard InChI is InChI=1S/C18H22ClNO/c1-14-5-3-8-18(11-14)21-10-9-17(20-2)13-15-6-4-7-16(19)12-15/h3-8,11-12,17,20H,9-10,13H2,1-2H3. The zero-order valence-corrected chi connectivity index (χ0v) is 13.4. The Morgan fingerprint density at radius 3 is 2.67 bits per heavy atom. The molecule has 2 aromatic rings. The minimum absolute atomic E-state index is 0.383. The fourth-order valence-corrected chi connectivity index (χ4v) is 2.53. The molecule has 2 aromatic carbocycles. The fraction of sp³-hybridized carbons (Fsp3) is 0.333. The lowest BCUT2D eigenvalue weighted by molar-refractivity contribution is 0.288. The first-order valence-corrected chi connectivity index (χ1v) is 7.66. The molecule has 0 saturated carbocycles. The van der Waals surface area contributed by atoms with E-state index in [-0.39, 0.29) is 0 Å². The number of rotatable bonds is 7. The van der Waals surface area contributed by atoms with Crippen LogP contribution in [0, 0.1) is 6.92 Å². The largest absolute Gasteiger partial charge is 0.494 e. The second-order valence-electron chi connectivity index (χ2n) is 5.27. The van der Waals surface area contributed by atoms with Gasteiger partial charge >= 0.3 is 0 Å². The molecule has 0 aliphatic carbocycles. The SMILES string of the molecule is CNC(CCOc1cccc(C)c1)Cc1cccc(Cl)c1. The Morgan fingerprint density at radius 2 is 1.95 bits per heavy atom. The van der Waals surface area contributed by atoms with Crippen molar-refractivity contribution in [2.24, 2.45) is 0 Å². The molecule has 0 fully saturated rings. The molecule has 0 aliphatic rings. The lowest BCUT2D eigenvalue weighted by Crippen LogP contribution is -2.29. The van der Waals surface area contributed by atoms with Gasteiger partial charge in [-0.2, -0.15) is 0 Å². The topological polar surface area (TPSA) is 21.3 Å². The van der Waals surface area contributed by atoms with Crippen molar-refractivity contribution >= 4 is 11.6 Å². The lowest BCUT2D eigenvalue weighted by Gasteiger charge is -2.17. The molecule has 0 bridgehead atoms. The number of hydrogen-bond acceptors (Lipinski definition) is 2. The molecular weight excluding hydrogens is 282 g/mol. The Bertz CT molecular complexity index is 571. The normalized spacial score (nSPS) is 12.1. The highest BCUT2D eigenvalue weighted by Gasteiger charge is 2.08. The van der Waals surface area contributed by atoms with E-state index in [1.165, 1.54) is 11.1 Å². The van der Waals surface area contributed by atoms with Crippen molar-refractivity contribution < 1.29 is 4.74 Å². The van der Waals surface area contributed by atoms with Crippen LogP contribution in [0.2, 0.25) is 5.02 Å². The Morgan fingerprint density at radius 1 is 1.14 bits per heavy atom. The maximum absolute atomic E-state index is 6.03. The average Bonchev–Trinajstić information content (AvgIpc) is 2.46. The monoisotopic (exact) mass is 303 g/mol. The van der Waals surface area contributed by atoms with E-state index >= 15 is 0 Å². The van der Waals surface area contributed by atoms with Gasteiger partial charge in [0, 0.05) is 11.1 Å². The second kappa shape index (κ2) is 8.06. The first-order chi connectivity index (χ1) is 10.2. The van der Waals surface area contributed by atoms with Crippen molar-refractivity contribution in [2.75, 3.05) is 13.7 Å². The molecule has 0 amide bonds. The summed E-state index contributed by atoms with van der Waals surface area (Å²) in [5.41, 5.74) is 2.47. The van der Waals surface area contributed by atoms with Crippen LogP contribution in [0.4, 0.5) is 0 Å². The van der Waals surface area contributed by atoms with E-state index in [0.29, 0.717) is 12.6 Å². The van der Waals surface area contributed by atoms with E-state index in [4.69, 9.17) is 16.3 Å². The van der Waals surface area contributed by atoms with E-state index < -0.39 is 0 Å². The van der Waals surface area contributed by atoms with Gasteiger partial charge in [-0.05, 0) is 62.2 Å². The number of likely N-dealkylation sites (N-methyl/N-ethyl adjacent to an activating group) is 1. The number of benzene rings is 2. The minimum atomic E-state index is 0.383. The summed E-state index contributed by atoms with van der Waals surface area (Å²) in [5, 5.41) is 4.13. The summed E-state index contributed by atoms with van der Waals surface area (Å²) in [6.07, 6.45) is 1.91. The van der Waals surface area contributed by atoms with E-state index in [9.17, 15) is 0 Å². The molecule has 0 heterocycles. The van der Waals surface area contributed by atoms with Gasteiger partial charge in [-0.25, -0.2) is 0 Å². The highest BCUT2D eigenvalue weighted by atomic mass is 35.5. The van der Waals surface area contributed by atoms with Crippen LogP contribution in [0.5, 0.6) is 5.75 Å². The van der Waals surface area contributed by atoms with Crippen LogP contribution in [-0.2, 0) is 6.42 Å². The molecular formula is C18H22ClNO. The van der Waals surface area contributed by atoms with Crippen LogP contribution in [0.15, 0.2) is 48.5 Å². The molecule has 21 heavy (non-hydrogen) atoms. The Labute approximate surface area is 132 Å². The van der Waals surface area contributed by atoms with Gasteiger partial charge in [-0.15, -0.1) is 0 Å². The Hall–Kier alpha value is -1.51. The third kappa shape index (κ3) is 5.41. The number of aryl methyl sites for hydroxylation is 1. The summed E-state index contributed by atoms with van der Waals surface area (Å²) in [6, 6.07) is 16.6. The maximum atomic E-state index is 6.03. The lowest BCUT2D eigenvalue weighted by atomic mass is 10.0. The van der Waals surface area contributed by atoms with Crippen molar-refractivity contribution in [3.63, 3.8) is 0 Å². The van der Waals surface area contributed by atoms with E-state index in [1.54, 1.807) is 0 Å². The fourth-order valence-electron chi connectivity index (χ4n) is 2.32. The molecule has 0 aliphatic heterocycles. The van der Waals surface area contributed by atoms with E-state index in [1.807, 2.05) is 37.4 Å². The van der Waals surface area contributed by atoms with Crippen LogP contribution in [0.3, 0.4) is 0 Å². The minimum Gasteiger partial charge on any atom is -0.494 e. The summed E-state index contributed by atoms with van der Waals surface area (Å²) in [6.45, 7) is 2.78. The first-order valence-electron chi connectivity index (χ1n) is 7.28. The predicted molar refractivity (Wildman–Crippen MR) is 89.3 cm³/mol. The van der Waals surface area contributed by atoms with Crippen molar-refractivity contribution in [3.8, 4) is 5.75 Å². The summed E-state index contributed by atoms with van der Waals surface area (Å²) in [7, 11) is 1.99. The van der Waals surface area contributed by atoms with Gasteiger partial charge in [-0.3, -0.25) is 0 Å². The predicted octanol–water partition coefficient (Wildman–Crippen LogP) is 4.25. The summed E-state index contributed by atoms with van der Waals surface area (Å²) < 4.78 is 5.81. The average molecular weight is 304 g/mol. The van der Waals surface area contributed by atoms with Gasteiger partial charge in [0.2, 0.25) is 0 Å². The van der Waals surface area contributed by atoms with Gasteiger partial charge < -0.3 is 10.1 Å². The molecule has 0 aromatic heterocycles. The maximum Gasteiger partial charge on any atom is 0.119 e. The van der Waals surface area contributed by atoms with E-state index in [2.05, 4.69) is 30.4 Å². The van der Waals surface area contributed by atoms with Gasteiger partial charge in [0.25, 0.3) is 0 Å². The molecule has 3 heteroatoms. The van der Waals surface area contributed by atoms with Gasteiger partial charge in [-0.1, -0.05) is 35.9 Å². The van der Waals surface area contributed by atoms with Crippen molar-refractivity contribution in [3.05, 3.63) is 64.7 Å². The van der Waals surface area contributed by atoms with Crippen molar-refractivity contribution in [1.82, 2.24) is 5.32 Å². The molecule has 1 N–H and O–H groups in total. The zero-order valence-electron chi connectivity index (χ0n) is 12.6. The smallest absolute Gasteiger partial charge is 0.119 e. The third-order valence-electron chi connectivity index (χ3n) is 3.50. The van der Waals surface area contributed by atoms with Crippen LogP contribution >= 0.6 is 11.6 Å². The van der Waals surface area contributed by atoms with Gasteiger partial charge in [0.05, 0.1) is 6.61 Å². The van der Waals surface area contributed by atoms with Gasteiger partial charge in [0.1, 0.15) is 5.75 Å². The first kappa shape index (κ1) is 15.9. The molecule has 112 valence electrons. The van der Waals surface area contributed by atoms with Crippen LogP contribution in [-0.4, -0.2) is 19.7 Å².